The molecule has 0 amide bonds. The lowest BCUT2D eigenvalue weighted by Gasteiger charge is -2.19. The smallest absolute Gasteiger partial charge is 0.294 e. The summed E-state index contributed by atoms with van der Waals surface area (Å²) in [6, 6.07) is 32.1. The van der Waals surface area contributed by atoms with E-state index in [0.29, 0.717) is 13.0 Å². The maximum Gasteiger partial charge on any atom is 0.294 e. The quantitative estimate of drug-likeness (QED) is 0.128. The highest BCUT2D eigenvalue weighted by molar-refractivity contribution is 7.86. The lowest BCUT2D eigenvalue weighted by atomic mass is 10.0. The van der Waals surface area contributed by atoms with E-state index in [1.807, 2.05) is 62.4 Å². The summed E-state index contributed by atoms with van der Waals surface area (Å²) in [6.07, 6.45) is 1.13. The molecule has 0 aliphatic rings. The Morgan fingerprint density at radius 2 is 1.05 bits per heavy atom. The van der Waals surface area contributed by atoms with Crippen LogP contribution in [-0.2, 0) is 33.1 Å². The molecule has 0 aromatic heterocycles. The first-order valence-corrected chi connectivity index (χ1v) is 16.4. The topological polar surface area (TPSA) is 167 Å². The van der Waals surface area contributed by atoms with Gasteiger partial charge in [-0.25, -0.2) is 0 Å². The number of benzene rings is 4. The summed E-state index contributed by atoms with van der Waals surface area (Å²) in [5.41, 5.74) is 10.4. The molecule has 0 aliphatic heterocycles. The summed E-state index contributed by atoms with van der Waals surface area (Å²) in [6.45, 7) is 5.06. The standard InChI is InChI=1S/C18H24N2O.2C7H8O3S/c19-17(13-16-9-5-2-6-10-16)18(21)14-20-12-11-15-7-3-1-4-8-15;2*1-6-2-4-7(5-3-6)11(8,9)10/h1-10,17-18,20-21H,11-14,19H2;2*2-5H,1H3,(H,8,9,10)/t17-,18+;;/m0../s1. The predicted molar refractivity (Wildman–Crippen MR) is 169 cm³/mol. The van der Waals surface area contributed by atoms with Gasteiger partial charge in [0.1, 0.15) is 0 Å². The van der Waals surface area contributed by atoms with Crippen LogP contribution in [0.2, 0.25) is 0 Å². The van der Waals surface area contributed by atoms with Crippen LogP contribution in [-0.4, -0.2) is 56.3 Å². The van der Waals surface area contributed by atoms with Crippen molar-refractivity contribution in [2.75, 3.05) is 13.1 Å². The zero-order chi connectivity index (χ0) is 31.9. The van der Waals surface area contributed by atoms with Crippen LogP contribution in [0.1, 0.15) is 22.3 Å². The summed E-state index contributed by atoms with van der Waals surface area (Å²) < 4.78 is 59.1. The van der Waals surface area contributed by atoms with E-state index in [1.54, 1.807) is 24.3 Å². The Bertz CT molecular complexity index is 1490. The van der Waals surface area contributed by atoms with Gasteiger partial charge in [-0.1, -0.05) is 96.1 Å². The minimum absolute atomic E-state index is 0.0666. The van der Waals surface area contributed by atoms with Crippen LogP contribution in [0.25, 0.3) is 0 Å². The van der Waals surface area contributed by atoms with Crippen LogP contribution in [0.5, 0.6) is 0 Å². The van der Waals surface area contributed by atoms with E-state index >= 15 is 0 Å². The van der Waals surface area contributed by atoms with Crippen LogP contribution < -0.4 is 11.1 Å². The molecule has 0 aliphatic carbocycles. The summed E-state index contributed by atoms with van der Waals surface area (Å²) >= 11 is 0. The molecule has 0 radical (unpaired) electrons. The number of aryl methyl sites for hydroxylation is 2. The van der Waals surface area contributed by atoms with Crippen LogP contribution in [0, 0.1) is 13.8 Å². The molecule has 6 N–H and O–H groups in total. The van der Waals surface area contributed by atoms with Gasteiger partial charge in [0.25, 0.3) is 20.2 Å². The fraction of sp³-hybridized carbons (Fsp3) is 0.250. The summed E-state index contributed by atoms with van der Waals surface area (Å²) in [7, 11) is -8.04. The van der Waals surface area contributed by atoms with Crippen LogP contribution >= 0.6 is 0 Å². The first kappa shape index (κ1) is 35.8. The van der Waals surface area contributed by atoms with Gasteiger partial charge in [0.05, 0.1) is 15.9 Å². The zero-order valence-electron chi connectivity index (χ0n) is 24.2. The Morgan fingerprint density at radius 3 is 1.44 bits per heavy atom. The van der Waals surface area contributed by atoms with Crippen molar-refractivity contribution in [3.05, 3.63) is 131 Å². The molecule has 0 spiro atoms. The molecule has 4 aromatic carbocycles. The van der Waals surface area contributed by atoms with Gasteiger partial charge in [-0.05, 0) is 68.6 Å². The second kappa shape index (κ2) is 17.6. The molecule has 0 unspecified atom stereocenters. The molecule has 4 rings (SSSR count). The van der Waals surface area contributed by atoms with E-state index in [9.17, 15) is 21.9 Å². The molecule has 232 valence electrons. The van der Waals surface area contributed by atoms with Crippen molar-refractivity contribution in [1.82, 2.24) is 5.32 Å². The van der Waals surface area contributed by atoms with E-state index in [4.69, 9.17) is 14.8 Å². The third-order valence-corrected chi connectivity index (χ3v) is 7.97. The summed E-state index contributed by atoms with van der Waals surface area (Å²) in [4.78, 5) is -0.133. The Kier molecular flexibility index (Phi) is 14.7. The summed E-state index contributed by atoms with van der Waals surface area (Å²) in [5.74, 6) is 0. The third kappa shape index (κ3) is 14.5. The van der Waals surface area contributed by atoms with Crippen molar-refractivity contribution in [3.63, 3.8) is 0 Å². The van der Waals surface area contributed by atoms with Crippen LogP contribution in [0.4, 0.5) is 0 Å². The van der Waals surface area contributed by atoms with Gasteiger partial charge in [-0.3, -0.25) is 9.11 Å². The maximum absolute atomic E-state index is 10.5. The third-order valence-electron chi connectivity index (χ3n) is 6.23. The number of rotatable bonds is 10. The largest absolute Gasteiger partial charge is 0.390 e. The molecule has 4 aromatic rings. The van der Waals surface area contributed by atoms with Gasteiger partial charge >= 0.3 is 0 Å². The molecular weight excluding hydrogens is 588 g/mol. The average Bonchev–Trinajstić information content (AvgIpc) is 2.96. The van der Waals surface area contributed by atoms with E-state index < -0.39 is 26.3 Å². The highest BCUT2D eigenvalue weighted by Crippen LogP contribution is 2.09. The SMILES string of the molecule is Cc1ccc(S(=O)(=O)O)cc1.Cc1ccc(S(=O)(=O)O)cc1.N[C@@H](Cc1ccccc1)[C@H](O)CNCCc1ccccc1. The Hall–Kier alpha value is -3.42. The van der Waals surface area contributed by atoms with Crippen molar-refractivity contribution >= 4 is 20.2 Å². The van der Waals surface area contributed by atoms with Gasteiger partial charge in [-0.15, -0.1) is 0 Å². The Balaban J connectivity index is 0.000000247. The minimum atomic E-state index is -4.02. The molecule has 0 heterocycles. The maximum atomic E-state index is 10.5. The van der Waals surface area contributed by atoms with Gasteiger partial charge in [0.2, 0.25) is 0 Å². The molecule has 0 bridgehead atoms. The average molecular weight is 629 g/mol. The molecular formula is C32H40N2O7S2. The molecule has 0 saturated heterocycles. The number of aliphatic hydroxyl groups is 1. The Labute approximate surface area is 254 Å². The van der Waals surface area contributed by atoms with Crippen molar-refractivity contribution in [2.45, 2.75) is 48.6 Å². The zero-order valence-corrected chi connectivity index (χ0v) is 25.9. The monoisotopic (exact) mass is 628 g/mol. The highest BCUT2D eigenvalue weighted by atomic mass is 32.2. The second-order valence-corrected chi connectivity index (χ2v) is 12.8. The molecule has 9 nitrogen and oxygen atoms in total. The van der Waals surface area contributed by atoms with Gasteiger partial charge in [0, 0.05) is 12.6 Å². The van der Waals surface area contributed by atoms with E-state index in [-0.39, 0.29) is 15.8 Å². The van der Waals surface area contributed by atoms with E-state index in [0.717, 1.165) is 29.7 Å². The Morgan fingerprint density at radius 1 is 0.651 bits per heavy atom. The lowest BCUT2D eigenvalue weighted by molar-refractivity contribution is 0.142. The minimum Gasteiger partial charge on any atom is -0.390 e. The molecule has 2 atom stereocenters. The number of aliphatic hydroxyl groups excluding tert-OH is 1. The number of hydrogen-bond acceptors (Lipinski definition) is 7. The first-order valence-electron chi connectivity index (χ1n) is 13.6. The van der Waals surface area contributed by atoms with Crippen molar-refractivity contribution < 1.29 is 31.0 Å². The first-order chi connectivity index (χ1) is 20.3. The predicted octanol–water partition coefficient (Wildman–Crippen LogP) is 4.23. The number of hydrogen-bond donors (Lipinski definition) is 5. The van der Waals surface area contributed by atoms with Crippen LogP contribution in [0.15, 0.2) is 119 Å². The molecule has 0 fully saturated rings. The second-order valence-electron chi connectivity index (χ2n) is 9.94. The normalized spacial score (nSPS) is 12.6. The van der Waals surface area contributed by atoms with Gasteiger partial charge in [-0.2, -0.15) is 16.8 Å². The fourth-order valence-electron chi connectivity index (χ4n) is 3.72. The lowest BCUT2D eigenvalue weighted by Crippen LogP contribution is -2.43. The highest BCUT2D eigenvalue weighted by Gasteiger charge is 2.14. The van der Waals surface area contributed by atoms with Crippen molar-refractivity contribution in [1.29, 1.82) is 0 Å². The van der Waals surface area contributed by atoms with Crippen LogP contribution in [0.3, 0.4) is 0 Å². The molecule has 43 heavy (non-hydrogen) atoms. The number of nitrogens with two attached hydrogens (primary N) is 1. The molecule has 11 heteroatoms. The van der Waals surface area contributed by atoms with Crippen molar-refractivity contribution in [3.8, 4) is 0 Å². The number of nitrogens with one attached hydrogen (secondary N) is 1. The van der Waals surface area contributed by atoms with E-state index in [1.165, 1.54) is 29.8 Å². The van der Waals surface area contributed by atoms with Gasteiger partial charge in [0.15, 0.2) is 0 Å². The fourth-order valence-corrected chi connectivity index (χ4v) is 4.68. The molecule has 0 saturated carbocycles. The van der Waals surface area contributed by atoms with Gasteiger partial charge < -0.3 is 16.2 Å². The van der Waals surface area contributed by atoms with Crippen molar-refractivity contribution in [2.24, 2.45) is 5.73 Å². The van der Waals surface area contributed by atoms with E-state index in [2.05, 4.69) is 17.4 Å². The summed E-state index contributed by atoms with van der Waals surface area (Å²) in [5, 5.41) is 13.4.